The molecule has 1 atom stereocenters. The Morgan fingerprint density at radius 1 is 1.06 bits per heavy atom. The van der Waals surface area contributed by atoms with Crippen LogP contribution in [-0.4, -0.2) is 11.7 Å². The molecule has 1 unspecified atom stereocenters. The van der Waals surface area contributed by atoms with Crippen LogP contribution in [0.1, 0.15) is 48.0 Å². The van der Waals surface area contributed by atoms with Crippen molar-refractivity contribution in [2.45, 2.75) is 32.7 Å². The van der Waals surface area contributed by atoms with E-state index in [4.69, 9.17) is 0 Å². The van der Waals surface area contributed by atoms with Crippen molar-refractivity contribution >= 4 is 34.4 Å². The lowest BCUT2D eigenvalue weighted by Crippen LogP contribution is -2.39. The van der Waals surface area contributed by atoms with Gasteiger partial charge in [0.15, 0.2) is 5.78 Å². The predicted octanol–water partition coefficient (Wildman–Crippen LogP) is 6.34. The minimum absolute atomic E-state index is 0.00913. The van der Waals surface area contributed by atoms with Gasteiger partial charge in [-0.1, -0.05) is 44.2 Å². The Morgan fingerprint density at radius 3 is 2.53 bits per heavy atom. The number of fused-ring (bicyclic) bond motifs is 1. The average Bonchev–Trinajstić information content (AvgIpc) is 3.23. The molecule has 2 aromatic carbocycles. The first-order valence-electron chi connectivity index (χ1n) is 10.6. The second-order valence-corrected chi connectivity index (χ2v) is 10.0. The van der Waals surface area contributed by atoms with E-state index >= 15 is 0 Å². The Morgan fingerprint density at radius 2 is 1.81 bits per heavy atom. The molecule has 162 valence electrons. The molecule has 6 heteroatoms. The van der Waals surface area contributed by atoms with Crippen LogP contribution in [0.3, 0.4) is 0 Å². The molecule has 0 radical (unpaired) electrons. The summed E-state index contributed by atoms with van der Waals surface area (Å²) in [6.45, 7) is 4.16. The van der Waals surface area contributed by atoms with Gasteiger partial charge in [0.25, 0.3) is 5.91 Å². The second-order valence-electron chi connectivity index (χ2n) is 9.08. The highest BCUT2D eigenvalue weighted by atomic mass is 32.1. The third-order valence-electron chi connectivity index (χ3n) is 6.04. The van der Waals surface area contributed by atoms with Crippen LogP contribution in [-0.2, 0) is 4.79 Å². The van der Waals surface area contributed by atoms with Gasteiger partial charge >= 0.3 is 0 Å². The van der Waals surface area contributed by atoms with Crippen molar-refractivity contribution in [3.05, 3.63) is 93.6 Å². The number of hydrogen-bond donors (Lipinski definition) is 1. The first-order valence-corrected chi connectivity index (χ1v) is 11.5. The Bertz CT molecular complexity index is 1230. The normalized spacial score (nSPS) is 19.7. The van der Waals surface area contributed by atoms with E-state index < -0.39 is 6.04 Å². The van der Waals surface area contributed by atoms with Gasteiger partial charge in [0, 0.05) is 17.7 Å². The van der Waals surface area contributed by atoms with E-state index in [0.29, 0.717) is 34.5 Å². The molecule has 5 rings (SSSR count). The van der Waals surface area contributed by atoms with E-state index in [9.17, 15) is 14.0 Å². The molecule has 32 heavy (non-hydrogen) atoms. The highest BCUT2D eigenvalue weighted by molar-refractivity contribution is 7.12. The lowest BCUT2D eigenvalue weighted by atomic mass is 9.73. The van der Waals surface area contributed by atoms with Gasteiger partial charge in [0.1, 0.15) is 5.82 Å². The summed E-state index contributed by atoms with van der Waals surface area (Å²) in [6, 6.07) is 16.7. The molecule has 4 nitrogen and oxygen atoms in total. The Labute approximate surface area is 190 Å². The molecular weight excluding hydrogens is 423 g/mol. The van der Waals surface area contributed by atoms with Gasteiger partial charge < -0.3 is 5.32 Å². The van der Waals surface area contributed by atoms with Gasteiger partial charge in [0.05, 0.1) is 22.3 Å². The molecule has 3 aromatic rings. The fourth-order valence-electron chi connectivity index (χ4n) is 4.69. The maximum absolute atomic E-state index is 13.8. The summed E-state index contributed by atoms with van der Waals surface area (Å²) in [4.78, 5) is 29.7. The second kappa shape index (κ2) is 7.71. The first kappa shape index (κ1) is 20.6. The molecular formula is C26H23FN2O2S. The minimum atomic E-state index is -0.653. The molecule has 1 aromatic heterocycles. The van der Waals surface area contributed by atoms with Crippen LogP contribution >= 0.6 is 11.3 Å². The van der Waals surface area contributed by atoms with Gasteiger partial charge in [-0.2, -0.15) is 0 Å². The zero-order valence-corrected chi connectivity index (χ0v) is 18.7. The number of nitrogens with one attached hydrogen (secondary N) is 1. The number of halogens is 1. The molecule has 1 aliphatic carbocycles. The maximum atomic E-state index is 13.8. The van der Waals surface area contributed by atoms with E-state index in [1.807, 2.05) is 35.7 Å². The monoisotopic (exact) mass is 446 g/mol. The Kier molecular flexibility index (Phi) is 4.97. The number of ketones is 1. The van der Waals surface area contributed by atoms with Crippen LogP contribution < -0.4 is 10.2 Å². The van der Waals surface area contributed by atoms with Crippen molar-refractivity contribution in [1.82, 2.24) is 0 Å². The Hall–Kier alpha value is -3.25. The zero-order valence-electron chi connectivity index (χ0n) is 17.9. The number of carbonyl (C=O) groups excluding carboxylic acids is 2. The topological polar surface area (TPSA) is 49.4 Å². The highest BCUT2D eigenvalue weighted by Crippen LogP contribution is 2.48. The van der Waals surface area contributed by atoms with Crippen LogP contribution in [0, 0.1) is 11.2 Å². The molecule has 1 aliphatic heterocycles. The lowest BCUT2D eigenvalue weighted by Gasteiger charge is -2.37. The molecule has 2 aliphatic rings. The van der Waals surface area contributed by atoms with Crippen molar-refractivity contribution < 1.29 is 14.0 Å². The lowest BCUT2D eigenvalue weighted by molar-refractivity contribution is -0.118. The van der Waals surface area contributed by atoms with Crippen molar-refractivity contribution in [2.24, 2.45) is 5.41 Å². The van der Waals surface area contributed by atoms with Crippen molar-refractivity contribution in [1.29, 1.82) is 0 Å². The maximum Gasteiger partial charge on any atom is 0.269 e. The summed E-state index contributed by atoms with van der Waals surface area (Å²) in [5, 5.41) is 5.35. The minimum Gasteiger partial charge on any atom is -0.357 e. The summed E-state index contributed by atoms with van der Waals surface area (Å²) >= 11 is 1.36. The molecule has 2 heterocycles. The predicted molar refractivity (Wildman–Crippen MR) is 125 cm³/mol. The van der Waals surface area contributed by atoms with E-state index in [-0.39, 0.29) is 22.9 Å². The van der Waals surface area contributed by atoms with Gasteiger partial charge in [-0.3, -0.25) is 14.5 Å². The number of nitrogens with zero attached hydrogens (tertiary/aromatic N) is 1. The number of anilines is 2. The van der Waals surface area contributed by atoms with Gasteiger partial charge in [-0.05, 0) is 53.1 Å². The van der Waals surface area contributed by atoms with Crippen molar-refractivity contribution in [2.75, 3.05) is 10.2 Å². The Balaban J connectivity index is 1.79. The fraction of sp³-hybridized carbons (Fsp3) is 0.231. The molecule has 0 saturated heterocycles. The average molecular weight is 447 g/mol. The number of allylic oxidation sites excluding steroid dienone is 1. The molecule has 1 amide bonds. The number of hydrogen-bond acceptors (Lipinski definition) is 4. The standard InChI is InChI=1S/C26H23FN2O2S/c1-26(2)14-19-23(21(30)15-26)24(16-9-11-17(27)12-10-16)29(25(31)22-8-5-13-32-22)20-7-4-3-6-18(20)28-19/h3-13,24,28H,14-15H2,1-2H3. The van der Waals surface area contributed by atoms with Gasteiger partial charge in [0.2, 0.25) is 0 Å². The fourth-order valence-corrected chi connectivity index (χ4v) is 5.35. The SMILES string of the molecule is CC1(C)CC(=O)C2=C(C1)Nc1ccccc1N(C(=O)c1cccs1)C2c1ccc(F)cc1. The van der Waals surface area contributed by atoms with Crippen LogP contribution in [0.5, 0.6) is 0 Å². The third-order valence-corrected chi connectivity index (χ3v) is 6.90. The summed E-state index contributed by atoms with van der Waals surface area (Å²) in [7, 11) is 0. The molecule has 0 saturated carbocycles. The van der Waals surface area contributed by atoms with Crippen LogP contribution in [0.15, 0.2) is 77.3 Å². The van der Waals surface area contributed by atoms with E-state index in [1.54, 1.807) is 23.1 Å². The summed E-state index contributed by atoms with van der Waals surface area (Å²) in [5.41, 5.74) is 3.39. The number of benzene rings is 2. The van der Waals surface area contributed by atoms with Crippen molar-refractivity contribution in [3.63, 3.8) is 0 Å². The third kappa shape index (κ3) is 3.54. The van der Waals surface area contributed by atoms with Gasteiger partial charge in [-0.15, -0.1) is 11.3 Å². The number of amides is 1. The molecule has 0 bridgehead atoms. The number of carbonyl (C=O) groups is 2. The van der Waals surface area contributed by atoms with E-state index in [0.717, 1.165) is 11.4 Å². The van der Waals surface area contributed by atoms with Crippen molar-refractivity contribution in [3.8, 4) is 0 Å². The summed E-state index contributed by atoms with van der Waals surface area (Å²) < 4.78 is 13.8. The van der Waals surface area contributed by atoms with Crippen LogP contribution in [0.4, 0.5) is 15.8 Å². The quantitative estimate of drug-likeness (QED) is 0.499. The van der Waals surface area contributed by atoms with E-state index in [1.165, 1.54) is 23.5 Å². The highest BCUT2D eigenvalue weighted by Gasteiger charge is 2.43. The number of rotatable bonds is 2. The zero-order chi connectivity index (χ0) is 22.5. The number of thiophene rings is 1. The molecule has 0 spiro atoms. The summed E-state index contributed by atoms with van der Waals surface area (Å²) in [6.07, 6.45) is 1.07. The smallest absolute Gasteiger partial charge is 0.269 e. The van der Waals surface area contributed by atoms with E-state index in [2.05, 4.69) is 19.2 Å². The van der Waals surface area contributed by atoms with Gasteiger partial charge in [-0.25, -0.2) is 4.39 Å². The van der Waals surface area contributed by atoms with Crippen LogP contribution in [0.2, 0.25) is 0 Å². The molecule has 1 N–H and O–H groups in total. The summed E-state index contributed by atoms with van der Waals surface area (Å²) in [5.74, 6) is -0.535. The number of Topliss-reactive ketones (excluding diaryl/α,β-unsaturated/α-hetero) is 1. The van der Waals surface area contributed by atoms with Crippen LogP contribution in [0.25, 0.3) is 0 Å². The largest absolute Gasteiger partial charge is 0.357 e. The molecule has 0 fully saturated rings. The first-order chi connectivity index (χ1) is 15.3. The number of para-hydroxylation sites is 2.